The van der Waals surface area contributed by atoms with Gasteiger partial charge in [0, 0.05) is 31.2 Å². The van der Waals surface area contributed by atoms with Crippen LogP contribution < -0.4 is 15.5 Å². The largest absolute Gasteiger partial charge is 0.370 e. The van der Waals surface area contributed by atoms with Gasteiger partial charge in [0.05, 0.1) is 16.5 Å². The molecule has 2 N–H and O–H groups in total. The van der Waals surface area contributed by atoms with Gasteiger partial charge in [-0.2, -0.15) is 11.8 Å². The van der Waals surface area contributed by atoms with Gasteiger partial charge in [0.1, 0.15) is 0 Å². The molecule has 1 saturated heterocycles. The maximum absolute atomic E-state index is 11.7. The third-order valence-electron chi connectivity index (χ3n) is 5.03. The Morgan fingerprint density at radius 3 is 2.54 bits per heavy atom. The smallest absolute Gasteiger partial charge is 0.230 e. The number of rotatable bonds is 6. The molecule has 24 heavy (non-hydrogen) atoms. The lowest BCUT2D eigenvalue weighted by Gasteiger charge is -2.42. The average molecular weight is 368 g/mol. The first-order valence-electron chi connectivity index (χ1n) is 8.71. The molecule has 1 aliphatic heterocycles. The molecule has 2 fully saturated rings. The third kappa shape index (κ3) is 4.38. The van der Waals surface area contributed by atoms with Gasteiger partial charge in [-0.1, -0.05) is 23.7 Å². The first kappa shape index (κ1) is 17.9. The lowest BCUT2D eigenvalue weighted by molar-refractivity contribution is -0.120. The fourth-order valence-electron chi connectivity index (χ4n) is 3.55. The van der Waals surface area contributed by atoms with E-state index in [1.807, 2.05) is 24.5 Å². The molecule has 6 heteroatoms. The van der Waals surface area contributed by atoms with Crippen molar-refractivity contribution >= 4 is 35.0 Å². The number of piperidine rings is 1. The number of benzene rings is 1. The topological polar surface area (TPSA) is 44.4 Å². The SMILES string of the molecule is CSCC(=O)NC1CCC1NC1CCN(c2ccccc2Cl)CC1. The molecule has 0 radical (unpaired) electrons. The van der Waals surface area contributed by atoms with Crippen molar-refractivity contribution in [2.45, 2.75) is 43.8 Å². The summed E-state index contributed by atoms with van der Waals surface area (Å²) in [6.45, 7) is 2.05. The Bertz CT molecular complexity index is 563. The molecule has 0 bridgehead atoms. The third-order valence-corrected chi connectivity index (χ3v) is 5.90. The molecule has 3 rings (SSSR count). The van der Waals surface area contributed by atoms with Crippen LogP contribution in [0.5, 0.6) is 0 Å². The maximum Gasteiger partial charge on any atom is 0.230 e. The zero-order chi connectivity index (χ0) is 16.9. The number of hydrogen-bond donors (Lipinski definition) is 2. The van der Waals surface area contributed by atoms with E-state index in [4.69, 9.17) is 11.6 Å². The van der Waals surface area contributed by atoms with Crippen LogP contribution in [0.4, 0.5) is 5.69 Å². The van der Waals surface area contributed by atoms with E-state index in [-0.39, 0.29) is 5.91 Å². The molecule has 2 atom stereocenters. The minimum atomic E-state index is 0.160. The summed E-state index contributed by atoms with van der Waals surface area (Å²) in [4.78, 5) is 14.1. The standard InChI is InChI=1S/C18H26ClN3OS/c1-24-12-18(23)21-16-7-6-15(16)20-13-8-10-22(11-9-13)17-5-3-2-4-14(17)19/h2-5,13,15-16,20H,6-12H2,1H3,(H,21,23). The van der Waals surface area contributed by atoms with Gasteiger partial charge in [0.2, 0.25) is 5.91 Å². The fraction of sp³-hybridized carbons (Fsp3) is 0.611. The van der Waals surface area contributed by atoms with Crippen molar-refractivity contribution in [3.8, 4) is 0 Å². The molecule has 2 aliphatic rings. The Morgan fingerprint density at radius 1 is 1.21 bits per heavy atom. The lowest BCUT2D eigenvalue weighted by atomic mass is 9.85. The van der Waals surface area contributed by atoms with E-state index in [0.717, 1.165) is 49.5 Å². The van der Waals surface area contributed by atoms with Crippen LogP contribution in [0.3, 0.4) is 0 Å². The second kappa shape index (κ2) is 8.45. The van der Waals surface area contributed by atoms with Crippen molar-refractivity contribution in [1.29, 1.82) is 0 Å². The highest BCUT2D eigenvalue weighted by Crippen LogP contribution is 2.29. The Morgan fingerprint density at radius 2 is 1.92 bits per heavy atom. The Hall–Kier alpha value is -0.910. The summed E-state index contributed by atoms with van der Waals surface area (Å²) in [5, 5.41) is 7.74. The van der Waals surface area contributed by atoms with Gasteiger partial charge in [0.25, 0.3) is 0 Å². The van der Waals surface area contributed by atoms with E-state index in [1.54, 1.807) is 11.8 Å². The highest BCUT2D eigenvalue weighted by atomic mass is 35.5. The Balaban J connectivity index is 1.44. The van der Waals surface area contributed by atoms with Gasteiger partial charge >= 0.3 is 0 Å². The van der Waals surface area contributed by atoms with E-state index in [0.29, 0.717) is 23.9 Å². The monoisotopic (exact) mass is 367 g/mol. The van der Waals surface area contributed by atoms with Crippen molar-refractivity contribution in [2.24, 2.45) is 0 Å². The average Bonchev–Trinajstić information content (AvgIpc) is 2.58. The predicted octanol–water partition coefficient (Wildman–Crippen LogP) is 2.91. The van der Waals surface area contributed by atoms with Crippen LogP contribution in [0.1, 0.15) is 25.7 Å². The van der Waals surface area contributed by atoms with E-state index in [2.05, 4.69) is 21.6 Å². The molecule has 1 heterocycles. The molecule has 1 aromatic carbocycles. The van der Waals surface area contributed by atoms with Gasteiger partial charge in [-0.25, -0.2) is 0 Å². The summed E-state index contributed by atoms with van der Waals surface area (Å²) >= 11 is 7.88. The molecule has 1 aromatic rings. The molecule has 2 unspecified atom stereocenters. The Kier molecular flexibility index (Phi) is 6.31. The quantitative estimate of drug-likeness (QED) is 0.811. The molecule has 1 amide bonds. The molecule has 132 valence electrons. The normalized spacial score (nSPS) is 24.5. The number of halogens is 1. The second-order valence-corrected chi connectivity index (χ2v) is 7.94. The number of hydrogen-bond acceptors (Lipinski definition) is 4. The number of para-hydroxylation sites is 1. The molecule has 1 aliphatic carbocycles. The minimum absolute atomic E-state index is 0.160. The van der Waals surface area contributed by atoms with Crippen LogP contribution in [0.25, 0.3) is 0 Å². The van der Waals surface area contributed by atoms with Gasteiger partial charge in [-0.3, -0.25) is 4.79 Å². The fourth-order valence-corrected chi connectivity index (χ4v) is 4.15. The number of anilines is 1. The first-order valence-corrected chi connectivity index (χ1v) is 10.5. The number of amides is 1. The molecular formula is C18H26ClN3OS. The predicted molar refractivity (Wildman–Crippen MR) is 103 cm³/mol. The van der Waals surface area contributed by atoms with Crippen molar-refractivity contribution < 1.29 is 4.79 Å². The number of carbonyl (C=O) groups is 1. The van der Waals surface area contributed by atoms with Gasteiger partial charge in [-0.15, -0.1) is 0 Å². The van der Waals surface area contributed by atoms with E-state index < -0.39 is 0 Å². The van der Waals surface area contributed by atoms with E-state index in [1.165, 1.54) is 0 Å². The van der Waals surface area contributed by atoms with Crippen molar-refractivity contribution in [3.63, 3.8) is 0 Å². The maximum atomic E-state index is 11.7. The second-order valence-electron chi connectivity index (χ2n) is 6.67. The van der Waals surface area contributed by atoms with Crippen molar-refractivity contribution in [3.05, 3.63) is 29.3 Å². The zero-order valence-electron chi connectivity index (χ0n) is 14.1. The van der Waals surface area contributed by atoms with E-state index in [9.17, 15) is 4.79 Å². The van der Waals surface area contributed by atoms with Crippen LogP contribution in [-0.2, 0) is 4.79 Å². The van der Waals surface area contributed by atoms with Crippen LogP contribution in [-0.4, -0.2) is 49.1 Å². The number of nitrogens with one attached hydrogen (secondary N) is 2. The summed E-state index contributed by atoms with van der Waals surface area (Å²) in [5.74, 6) is 0.715. The van der Waals surface area contributed by atoms with Crippen LogP contribution in [0.15, 0.2) is 24.3 Å². The molecule has 4 nitrogen and oxygen atoms in total. The molecule has 0 spiro atoms. The zero-order valence-corrected chi connectivity index (χ0v) is 15.7. The summed E-state index contributed by atoms with van der Waals surface area (Å²) in [6, 6.07) is 9.36. The summed E-state index contributed by atoms with van der Waals surface area (Å²) in [7, 11) is 0. The summed E-state index contributed by atoms with van der Waals surface area (Å²) in [6.07, 6.45) is 6.45. The van der Waals surface area contributed by atoms with Crippen molar-refractivity contribution in [1.82, 2.24) is 10.6 Å². The number of thioether (sulfide) groups is 1. The lowest BCUT2D eigenvalue weighted by Crippen LogP contribution is -2.60. The minimum Gasteiger partial charge on any atom is -0.370 e. The van der Waals surface area contributed by atoms with Gasteiger partial charge in [-0.05, 0) is 44.1 Å². The van der Waals surface area contributed by atoms with Crippen LogP contribution in [0, 0.1) is 0 Å². The molecular weight excluding hydrogens is 342 g/mol. The van der Waals surface area contributed by atoms with Crippen LogP contribution in [0.2, 0.25) is 5.02 Å². The first-order chi connectivity index (χ1) is 11.7. The van der Waals surface area contributed by atoms with Crippen molar-refractivity contribution in [2.75, 3.05) is 30.0 Å². The highest BCUT2D eigenvalue weighted by molar-refractivity contribution is 7.99. The highest BCUT2D eigenvalue weighted by Gasteiger charge is 2.34. The number of nitrogens with zero attached hydrogens (tertiary/aromatic N) is 1. The molecule has 0 aromatic heterocycles. The Labute approximate surface area is 153 Å². The summed E-state index contributed by atoms with van der Waals surface area (Å²) < 4.78 is 0. The van der Waals surface area contributed by atoms with E-state index >= 15 is 0 Å². The molecule has 1 saturated carbocycles. The van der Waals surface area contributed by atoms with Gasteiger partial charge < -0.3 is 15.5 Å². The van der Waals surface area contributed by atoms with Crippen LogP contribution >= 0.6 is 23.4 Å². The number of carbonyl (C=O) groups excluding carboxylic acids is 1. The summed E-state index contributed by atoms with van der Waals surface area (Å²) in [5.41, 5.74) is 1.14. The van der Waals surface area contributed by atoms with Gasteiger partial charge in [0.15, 0.2) is 0 Å².